The highest BCUT2D eigenvalue weighted by atomic mass is 16.5. The maximum atomic E-state index is 5.89. The first-order valence-electron chi connectivity index (χ1n) is 6.13. The van der Waals surface area contributed by atoms with Crippen molar-refractivity contribution in [2.45, 2.75) is 52.2 Å². The number of aryl methyl sites for hydroxylation is 1. The van der Waals surface area contributed by atoms with E-state index in [0.717, 1.165) is 25.0 Å². The summed E-state index contributed by atoms with van der Waals surface area (Å²) in [6, 6.07) is 8.64. The lowest BCUT2D eigenvalue weighted by molar-refractivity contribution is 0.242. The minimum Gasteiger partial charge on any atom is -0.491 e. The lowest BCUT2D eigenvalue weighted by Crippen LogP contribution is -2.19. The van der Waals surface area contributed by atoms with Gasteiger partial charge in [-0.25, -0.2) is 0 Å². The Balaban J connectivity index is 2.45. The zero-order valence-corrected chi connectivity index (χ0v) is 10.6. The normalized spacial score (nSPS) is 12.8. The monoisotopic (exact) mass is 221 g/mol. The van der Waals surface area contributed by atoms with Crippen LogP contribution in [0.5, 0.6) is 5.75 Å². The van der Waals surface area contributed by atoms with Crippen molar-refractivity contribution in [3.8, 4) is 5.75 Å². The van der Waals surface area contributed by atoms with Gasteiger partial charge in [0.05, 0.1) is 6.10 Å². The third-order valence-electron chi connectivity index (χ3n) is 2.62. The van der Waals surface area contributed by atoms with Gasteiger partial charge in [-0.15, -0.1) is 0 Å². The van der Waals surface area contributed by atoms with Crippen molar-refractivity contribution >= 4 is 0 Å². The molecule has 0 aliphatic heterocycles. The topological polar surface area (TPSA) is 35.2 Å². The Hall–Kier alpha value is -1.02. The zero-order valence-electron chi connectivity index (χ0n) is 10.6. The molecule has 1 unspecified atom stereocenters. The molecule has 1 aromatic rings. The summed E-state index contributed by atoms with van der Waals surface area (Å²) < 4.78 is 5.59. The Morgan fingerprint density at radius 3 is 2.31 bits per heavy atom. The molecule has 0 fully saturated rings. The molecule has 0 amide bonds. The van der Waals surface area contributed by atoms with Gasteiger partial charge in [0.2, 0.25) is 0 Å². The largest absolute Gasteiger partial charge is 0.491 e. The van der Waals surface area contributed by atoms with Crippen molar-refractivity contribution in [2.75, 3.05) is 0 Å². The lowest BCUT2D eigenvalue weighted by Gasteiger charge is -2.11. The van der Waals surface area contributed by atoms with Gasteiger partial charge in [-0.1, -0.05) is 19.1 Å². The smallest absolute Gasteiger partial charge is 0.119 e. The first-order chi connectivity index (χ1) is 7.61. The lowest BCUT2D eigenvalue weighted by atomic mass is 10.0. The number of rotatable bonds is 6. The molecule has 1 aromatic carbocycles. The van der Waals surface area contributed by atoms with Crippen LogP contribution in [0.15, 0.2) is 24.3 Å². The standard InChI is InChI=1S/C14H23NO/c1-4-13(15)8-5-12-6-9-14(10-7-12)16-11(2)3/h6-7,9-11,13H,4-5,8,15H2,1-3H3. The summed E-state index contributed by atoms with van der Waals surface area (Å²) in [7, 11) is 0. The van der Waals surface area contributed by atoms with Crippen LogP contribution >= 0.6 is 0 Å². The van der Waals surface area contributed by atoms with Crippen LogP contribution < -0.4 is 10.5 Å². The highest BCUT2D eigenvalue weighted by molar-refractivity contribution is 5.27. The third kappa shape index (κ3) is 4.67. The van der Waals surface area contributed by atoms with E-state index in [9.17, 15) is 0 Å². The Bertz CT molecular complexity index is 292. The van der Waals surface area contributed by atoms with Crippen molar-refractivity contribution in [2.24, 2.45) is 5.73 Å². The average molecular weight is 221 g/mol. The molecule has 0 saturated carbocycles. The first-order valence-corrected chi connectivity index (χ1v) is 6.13. The van der Waals surface area contributed by atoms with Crippen LogP contribution in [0, 0.1) is 0 Å². The van der Waals surface area contributed by atoms with E-state index in [1.54, 1.807) is 0 Å². The van der Waals surface area contributed by atoms with E-state index in [2.05, 4.69) is 19.1 Å². The SMILES string of the molecule is CCC(N)CCc1ccc(OC(C)C)cc1. The highest BCUT2D eigenvalue weighted by Gasteiger charge is 2.01. The molecule has 2 nitrogen and oxygen atoms in total. The van der Waals surface area contributed by atoms with Crippen molar-refractivity contribution in [3.05, 3.63) is 29.8 Å². The predicted octanol–water partition coefficient (Wildman–Crippen LogP) is 3.14. The molecule has 0 saturated heterocycles. The number of hydrogen-bond donors (Lipinski definition) is 1. The molecule has 0 aliphatic carbocycles. The molecule has 0 aliphatic rings. The third-order valence-corrected chi connectivity index (χ3v) is 2.62. The van der Waals surface area contributed by atoms with E-state index >= 15 is 0 Å². The van der Waals surface area contributed by atoms with Crippen LogP contribution in [0.2, 0.25) is 0 Å². The second kappa shape index (κ2) is 6.54. The molecule has 2 N–H and O–H groups in total. The van der Waals surface area contributed by atoms with Gasteiger partial charge in [-0.05, 0) is 50.8 Å². The molecule has 90 valence electrons. The Morgan fingerprint density at radius 1 is 1.19 bits per heavy atom. The fraction of sp³-hybridized carbons (Fsp3) is 0.571. The first kappa shape index (κ1) is 13.0. The van der Waals surface area contributed by atoms with E-state index in [-0.39, 0.29) is 6.10 Å². The Kier molecular flexibility index (Phi) is 5.33. The number of hydrogen-bond acceptors (Lipinski definition) is 2. The zero-order chi connectivity index (χ0) is 12.0. The molecule has 0 heterocycles. The summed E-state index contributed by atoms with van der Waals surface area (Å²) in [5, 5.41) is 0. The molecule has 0 spiro atoms. The number of nitrogens with two attached hydrogens (primary N) is 1. The Morgan fingerprint density at radius 2 is 1.81 bits per heavy atom. The van der Waals surface area contributed by atoms with Gasteiger partial charge >= 0.3 is 0 Å². The van der Waals surface area contributed by atoms with Crippen LogP contribution in [0.1, 0.15) is 39.2 Å². The maximum absolute atomic E-state index is 5.89. The fourth-order valence-corrected chi connectivity index (χ4v) is 1.56. The quantitative estimate of drug-likeness (QED) is 0.801. The second-order valence-corrected chi connectivity index (χ2v) is 4.52. The van der Waals surface area contributed by atoms with Crippen molar-refractivity contribution in [1.82, 2.24) is 0 Å². The minimum absolute atomic E-state index is 0.236. The minimum atomic E-state index is 0.236. The summed E-state index contributed by atoms with van der Waals surface area (Å²) in [5.41, 5.74) is 7.23. The van der Waals surface area contributed by atoms with E-state index in [0.29, 0.717) is 6.04 Å². The molecule has 1 atom stereocenters. The van der Waals surface area contributed by atoms with Gasteiger partial charge < -0.3 is 10.5 Å². The van der Waals surface area contributed by atoms with Crippen LogP contribution in [-0.2, 0) is 6.42 Å². The summed E-state index contributed by atoms with van der Waals surface area (Å²) in [6.07, 6.45) is 3.39. The van der Waals surface area contributed by atoms with Gasteiger partial charge in [-0.2, -0.15) is 0 Å². The highest BCUT2D eigenvalue weighted by Crippen LogP contribution is 2.15. The average Bonchev–Trinajstić information content (AvgIpc) is 2.27. The van der Waals surface area contributed by atoms with Crippen LogP contribution in [0.4, 0.5) is 0 Å². The van der Waals surface area contributed by atoms with Crippen LogP contribution in [0.25, 0.3) is 0 Å². The van der Waals surface area contributed by atoms with Crippen LogP contribution in [-0.4, -0.2) is 12.1 Å². The molecule has 2 heteroatoms. The van der Waals surface area contributed by atoms with E-state index in [1.165, 1.54) is 5.56 Å². The molecule has 1 rings (SSSR count). The molecule has 0 radical (unpaired) electrons. The van der Waals surface area contributed by atoms with E-state index < -0.39 is 0 Å². The van der Waals surface area contributed by atoms with Crippen molar-refractivity contribution in [1.29, 1.82) is 0 Å². The molecular weight excluding hydrogens is 198 g/mol. The van der Waals surface area contributed by atoms with Gasteiger partial charge in [0, 0.05) is 6.04 Å². The molecule has 0 bridgehead atoms. The van der Waals surface area contributed by atoms with Crippen molar-refractivity contribution in [3.63, 3.8) is 0 Å². The summed E-state index contributed by atoms with van der Waals surface area (Å²) in [5.74, 6) is 0.943. The fourth-order valence-electron chi connectivity index (χ4n) is 1.56. The Labute approximate surface area is 98.8 Å². The summed E-state index contributed by atoms with van der Waals surface area (Å²) in [4.78, 5) is 0. The molecule has 16 heavy (non-hydrogen) atoms. The summed E-state index contributed by atoms with van der Waals surface area (Å²) in [6.45, 7) is 6.20. The van der Waals surface area contributed by atoms with Gasteiger partial charge in [0.25, 0.3) is 0 Å². The van der Waals surface area contributed by atoms with Gasteiger partial charge in [0.15, 0.2) is 0 Å². The van der Waals surface area contributed by atoms with Crippen LogP contribution in [0.3, 0.4) is 0 Å². The van der Waals surface area contributed by atoms with E-state index in [4.69, 9.17) is 10.5 Å². The number of ether oxygens (including phenoxy) is 1. The number of benzene rings is 1. The van der Waals surface area contributed by atoms with E-state index in [1.807, 2.05) is 26.0 Å². The molecular formula is C14H23NO. The second-order valence-electron chi connectivity index (χ2n) is 4.52. The van der Waals surface area contributed by atoms with Gasteiger partial charge in [-0.3, -0.25) is 0 Å². The van der Waals surface area contributed by atoms with Gasteiger partial charge in [0.1, 0.15) is 5.75 Å². The predicted molar refractivity (Wildman–Crippen MR) is 68.8 cm³/mol. The summed E-state index contributed by atoms with van der Waals surface area (Å²) >= 11 is 0. The van der Waals surface area contributed by atoms with Crippen molar-refractivity contribution < 1.29 is 4.74 Å². The molecule has 0 aromatic heterocycles. The maximum Gasteiger partial charge on any atom is 0.119 e.